The minimum Gasteiger partial charge on any atom is -0.226 e. The maximum atomic E-state index is 15.4. The van der Waals surface area contributed by atoms with E-state index >= 15 is 8.78 Å². The van der Waals surface area contributed by atoms with Crippen molar-refractivity contribution in [1.82, 2.24) is 0 Å². The van der Waals surface area contributed by atoms with Gasteiger partial charge < -0.3 is 0 Å². The van der Waals surface area contributed by atoms with E-state index in [1.165, 1.54) is 34.8 Å². The van der Waals surface area contributed by atoms with E-state index in [4.69, 9.17) is 13.1 Å². The van der Waals surface area contributed by atoms with Gasteiger partial charge in [-0.05, 0) is 45.2 Å². The van der Waals surface area contributed by atoms with E-state index in [2.05, 4.69) is 9.69 Å². The van der Waals surface area contributed by atoms with Gasteiger partial charge in [0.05, 0.1) is 34.7 Å². The number of hydrogen-bond donors (Lipinski definition) is 0. The van der Waals surface area contributed by atoms with Crippen molar-refractivity contribution in [3.63, 3.8) is 0 Å². The number of thiophene rings is 2. The molecule has 0 bridgehead atoms. The van der Waals surface area contributed by atoms with Crippen LogP contribution in [0.3, 0.4) is 0 Å². The van der Waals surface area contributed by atoms with Gasteiger partial charge >= 0.3 is 0 Å². The molecule has 0 saturated carbocycles. The standard InChI is InChI=1S/C34H10F2N4S2/c1-39-23(13-37)27-19-11-21(35)15-7-3-5-9-17(15)25(19)29-31(27)41-34-30-26-18-10-6-4-8-16(18)22(36)12-20(26)28(24(14-38)40-2)32(30)42-33(29)34/h3-12H/b27-23-,28-24+. The third kappa shape index (κ3) is 2.82. The van der Waals surface area contributed by atoms with E-state index < -0.39 is 11.6 Å². The Morgan fingerprint density at radius 2 is 1.00 bits per heavy atom. The molecule has 192 valence electrons. The second-order valence-electron chi connectivity index (χ2n) is 9.82. The lowest BCUT2D eigenvalue weighted by atomic mass is 9.95. The van der Waals surface area contributed by atoms with Crippen LogP contribution in [0.1, 0.15) is 20.9 Å². The van der Waals surface area contributed by atoms with E-state index in [0.29, 0.717) is 53.6 Å². The zero-order chi connectivity index (χ0) is 28.9. The topological polar surface area (TPSA) is 56.3 Å². The predicted octanol–water partition coefficient (Wildman–Crippen LogP) is 9.91. The lowest BCUT2D eigenvalue weighted by Crippen LogP contribution is -1.90. The van der Waals surface area contributed by atoms with Crippen molar-refractivity contribution in [1.29, 1.82) is 10.5 Å². The van der Waals surface area contributed by atoms with Gasteiger partial charge in [-0.3, -0.25) is 0 Å². The average Bonchev–Trinajstić information content (AvgIpc) is 3.71. The van der Waals surface area contributed by atoms with Gasteiger partial charge in [0.1, 0.15) is 11.6 Å². The molecule has 0 unspecified atom stereocenters. The third-order valence-electron chi connectivity index (χ3n) is 7.91. The summed E-state index contributed by atoms with van der Waals surface area (Å²) >= 11 is 2.80. The summed E-state index contributed by atoms with van der Waals surface area (Å²) in [7, 11) is 0. The van der Waals surface area contributed by atoms with E-state index in [1.807, 2.05) is 36.4 Å². The van der Waals surface area contributed by atoms with Gasteiger partial charge in [-0.15, -0.1) is 22.7 Å². The Morgan fingerprint density at radius 3 is 1.36 bits per heavy atom. The zero-order valence-electron chi connectivity index (χ0n) is 21.1. The molecule has 4 aromatic carbocycles. The highest BCUT2D eigenvalue weighted by atomic mass is 32.1. The van der Waals surface area contributed by atoms with Crippen LogP contribution in [-0.4, -0.2) is 0 Å². The van der Waals surface area contributed by atoms with E-state index in [1.54, 1.807) is 24.3 Å². The summed E-state index contributed by atoms with van der Waals surface area (Å²) in [6, 6.07) is 21.1. The predicted molar refractivity (Wildman–Crippen MR) is 162 cm³/mol. The zero-order valence-corrected chi connectivity index (χ0v) is 22.8. The maximum Gasteiger partial charge on any atom is 0.271 e. The van der Waals surface area contributed by atoms with Crippen molar-refractivity contribution >= 4 is 64.8 Å². The highest BCUT2D eigenvalue weighted by molar-refractivity contribution is 7.31. The van der Waals surface area contributed by atoms with Gasteiger partial charge in [-0.1, -0.05) is 48.5 Å². The molecule has 0 fully saturated rings. The molecule has 4 nitrogen and oxygen atoms in total. The molecule has 2 aromatic heterocycles. The molecule has 0 atom stereocenters. The molecular formula is C34H10F2N4S2. The molecule has 8 heteroatoms. The van der Waals surface area contributed by atoms with Crippen LogP contribution in [0.2, 0.25) is 0 Å². The van der Waals surface area contributed by atoms with Crippen molar-refractivity contribution < 1.29 is 8.78 Å². The van der Waals surface area contributed by atoms with E-state index in [-0.39, 0.29) is 11.4 Å². The minimum atomic E-state index is -0.437. The quantitative estimate of drug-likeness (QED) is 0.133. The summed E-state index contributed by atoms with van der Waals surface area (Å²) < 4.78 is 32.4. The lowest BCUT2D eigenvalue weighted by molar-refractivity contribution is 0.639. The van der Waals surface area contributed by atoms with Gasteiger partial charge in [0.15, 0.2) is 0 Å². The molecule has 6 aromatic rings. The summed E-state index contributed by atoms with van der Waals surface area (Å²) in [5, 5.41) is 22.0. The lowest BCUT2D eigenvalue weighted by Gasteiger charge is -2.10. The highest BCUT2D eigenvalue weighted by Crippen LogP contribution is 2.63. The summed E-state index contributed by atoms with van der Waals surface area (Å²) in [6.45, 7) is 15.5. The van der Waals surface area contributed by atoms with Crippen LogP contribution in [0.25, 0.3) is 74.0 Å². The van der Waals surface area contributed by atoms with E-state index in [9.17, 15) is 10.5 Å². The first-order valence-electron chi connectivity index (χ1n) is 12.6. The Kier molecular flexibility index (Phi) is 4.85. The number of halogens is 2. The fourth-order valence-corrected chi connectivity index (χ4v) is 9.34. The van der Waals surface area contributed by atoms with Crippen molar-refractivity contribution in [2.24, 2.45) is 0 Å². The molecule has 2 aliphatic rings. The van der Waals surface area contributed by atoms with Crippen LogP contribution < -0.4 is 0 Å². The molecule has 0 amide bonds. The SMILES string of the molecule is [C-]#[N+]/C(C#N)=C1/c2cc(F)c3ccccc3c2-c2c1sc1c3c(sc21)/C(=C(\C#N)[N+]#[C-])c1cc(F)c2ccccc2c1-3. The van der Waals surface area contributed by atoms with Gasteiger partial charge in [0.2, 0.25) is 0 Å². The Morgan fingerprint density at radius 1 is 0.619 bits per heavy atom. The molecule has 0 aliphatic heterocycles. The third-order valence-corrected chi connectivity index (χ3v) is 10.5. The number of rotatable bonds is 0. The smallest absolute Gasteiger partial charge is 0.226 e. The highest BCUT2D eigenvalue weighted by Gasteiger charge is 2.39. The number of nitrogens with zero attached hydrogens (tertiary/aromatic N) is 4. The molecule has 2 aliphatic carbocycles. The summed E-state index contributed by atoms with van der Waals surface area (Å²) in [5.41, 5.74) is 4.67. The van der Waals surface area contributed by atoms with Gasteiger partial charge in [0, 0.05) is 42.8 Å². The molecule has 0 saturated heterocycles. The first-order chi connectivity index (χ1) is 20.5. The fourth-order valence-electron chi connectivity index (χ4n) is 6.32. The van der Waals surface area contributed by atoms with E-state index in [0.717, 1.165) is 31.7 Å². The number of nitriles is 2. The Hall–Kier alpha value is -5.64. The monoisotopic (exact) mass is 576 g/mol. The molecule has 8 rings (SSSR count). The first-order valence-corrected chi connectivity index (χ1v) is 14.2. The first kappa shape index (κ1) is 24.2. The second kappa shape index (κ2) is 8.43. The Labute approximate surface area is 245 Å². The Balaban J connectivity index is 1.60. The number of hydrogen-bond acceptors (Lipinski definition) is 4. The summed E-state index contributed by atoms with van der Waals surface area (Å²) in [5.74, 6) is -0.875. The largest absolute Gasteiger partial charge is 0.271 e. The molecule has 2 heterocycles. The summed E-state index contributed by atoms with van der Waals surface area (Å²) in [4.78, 5) is 8.41. The molecule has 0 spiro atoms. The number of benzene rings is 4. The maximum absolute atomic E-state index is 15.4. The van der Waals surface area contributed by atoms with Gasteiger partial charge in [-0.25, -0.2) is 29.0 Å². The van der Waals surface area contributed by atoms with Crippen molar-refractivity contribution in [3.05, 3.63) is 127 Å². The summed E-state index contributed by atoms with van der Waals surface area (Å²) in [6.07, 6.45) is 0. The normalized spacial score (nSPS) is 14.9. The van der Waals surface area contributed by atoms with Crippen molar-refractivity contribution in [2.45, 2.75) is 0 Å². The number of allylic oxidation sites excluding steroid dienone is 2. The van der Waals surface area contributed by atoms with Gasteiger partial charge in [-0.2, -0.15) is 0 Å². The van der Waals surface area contributed by atoms with Crippen molar-refractivity contribution in [2.75, 3.05) is 0 Å². The number of fused-ring (bicyclic) bond motifs is 13. The molecule has 0 N–H and O–H groups in total. The second-order valence-corrected chi connectivity index (χ2v) is 11.9. The Bertz CT molecular complexity index is 2330. The van der Waals surface area contributed by atoms with Crippen LogP contribution in [0.4, 0.5) is 8.78 Å². The van der Waals surface area contributed by atoms with Gasteiger partial charge in [0.25, 0.3) is 11.4 Å². The van der Waals surface area contributed by atoms with Crippen molar-refractivity contribution in [3.8, 4) is 34.4 Å². The molecule has 0 radical (unpaired) electrons. The van der Waals surface area contributed by atoms with Crippen LogP contribution in [-0.2, 0) is 0 Å². The van der Waals surface area contributed by atoms with Crippen LogP contribution >= 0.6 is 22.7 Å². The fraction of sp³-hybridized carbons (Fsp3) is 0. The van der Waals surface area contributed by atoms with Crippen LogP contribution in [0.5, 0.6) is 0 Å². The van der Waals surface area contributed by atoms with Crippen LogP contribution in [0, 0.1) is 47.4 Å². The molecular weight excluding hydrogens is 567 g/mol. The minimum absolute atomic E-state index is 0.122. The van der Waals surface area contributed by atoms with Crippen LogP contribution in [0.15, 0.2) is 72.1 Å². The molecule has 42 heavy (non-hydrogen) atoms. The average molecular weight is 577 g/mol.